The fourth-order valence-electron chi connectivity index (χ4n) is 1.37. The van der Waals surface area contributed by atoms with Gasteiger partial charge in [-0.1, -0.05) is 0 Å². The van der Waals surface area contributed by atoms with Crippen LogP contribution >= 0.6 is 0 Å². The van der Waals surface area contributed by atoms with Gasteiger partial charge in [-0.25, -0.2) is 9.59 Å². The monoisotopic (exact) mass is 402 g/mol. The number of ether oxygens (including phenoxy) is 4. The molecule has 10 nitrogen and oxygen atoms in total. The largest absolute Gasteiger partial charge is 2.00 e. The van der Waals surface area contributed by atoms with E-state index in [0.717, 1.165) is 0 Å². The number of rotatable bonds is 9. The van der Waals surface area contributed by atoms with Crippen molar-refractivity contribution in [3.63, 3.8) is 0 Å². The molecule has 0 aliphatic carbocycles. The number of esters is 2. The van der Waals surface area contributed by atoms with Gasteiger partial charge in [0, 0.05) is 13.2 Å². The molecule has 0 saturated heterocycles. The van der Waals surface area contributed by atoms with E-state index in [1.807, 2.05) is 0 Å². The summed E-state index contributed by atoms with van der Waals surface area (Å²) in [6.07, 6.45) is -3.24. The Labute approximate surface area is 174 Å². The summed E-state index contributed by atoms with van der Waals surface area (Å²) in [7, 11) is 0. The van der Waals surface area contributed by atoms with E-state index in [9.17, 15) is 29.4 Å². The number of hydrogen-bond acceptors (Lipinski definition) is 10. The molecule has 0 bridgehead atoms. The molecule has 0 aromatic rings. The number of carbonyl (C=O) groups is 4. The molecular formula is C16H26MgO10. The average molecular weight is 403 g/mol. The topological polar surface area (TPSA) is 151 Å². The van der Waals surface area contributed by atoms with Crippen molar-refractivity contribution in [1.82, 2.24) is 0 Å². The first-order chi connectivity index (χ1) is 11.9. The molecule has 27 heavy (non-hydrogen) atoms. The van der Waals surface area contributed by atoms with Crippen LogP contribution in [0.4, 0.5) is 0 Å². The maximum Gasteiger partial charge on any atom is 2.00 e. The third kappa shape index (κ3) is 15.3. The number of carboxylic acids is 2. The fraction of sp³-hybridized carbons (Fsp3) is 0.750. The van der Waals surface area contributed by atoms with Gasteiger partial charge in [-0.2, -0.15) is 0 Å². The van der Waals surface area contributed by atoms with E-state index in [-0.39, 0.29) is 42.9 Å². The minimum absolute atomic E-state index is 0. The summed E-state index contributed by atoms with van der Waals surface area (Å²) in [4.78, 5) is 42.8. The molecular weight excluding hydrogens is 376 g/mol. The van der Waals surface area contributed by atoms with Crippen LogP contribution < -0.4 is 10.2 Å². The minimum atomic E-state index is -1.64. The molecule has 152 valence electrons. The molecule has 0 N–H and O–H groups in total. The quantitative estimate of drug-likeness (QED) is 0.236. The van der Waals surface area contributed by atoms with Crippen LogP contribution in [-0.4, -0.2) is 84.6 Å². The van der Waals surface area contributed by atoms with Gasteiger partial charge in [0.05, 0.1) is 18.5 Å². The van der Waals surface area contributed by atoms with E-state index >= 15 is 0 Å². The summed E-state index contributed by atoms with van der Waals surface area (Å²) >= 11 is 0. The molecule has 0 aromatic heterocycles. The van der Waals surface area contributed by atoms with Crippen molar-refractivity contribution in [2.45, 2.75) is 59.4 Å². The zero-order valence-electron chi connectivity index (χ0n) is 16.6. The average Bonchev–Trinajstić information content (AvgIpc) is 2.48. The Morgan fingerprint density at radius 2 is 1.15 bits per heavy atom. The van der Waals surface area contributed by atoms with Crippen molar-refractivity contribution >= 4 is 46.9 Å². The molecule has 2 atom stereocenters. The molecule has 0 fully saturated rings. The molecule has 11 heteroatoms. The van der Waals surface area contributed by atoms with E-state index in [1.165, 1.54) is 0 Å². The zero-order chi connectivity index (χ0) is 20.9. The first-order valence-corrected chi connectivity index (χ1v) is 7.95. The van der Waals surface area contributed by atoms with Crippen molar-refractivity contribution in [2.24, 2.45) is 0 Å². The van der Waals surface area contributed by atoms with Crippen LogP contribution in [0.3, 0.4) is 0 Å². The second kappa shape index (κ2) is 15.6. The Balaban J connectivity index is -0.000000416. The van der Waals surface area contributed by atoms with Gasteiger partial charge in [-0.3, -0.25) is 0 Å². The summed E-state index contributed by atoms with van der Waals surface area (Å²) in [5.41, 5.74) is -0.734. The summed E-state index contributed by atoms with van der Waals surface area (Å²) in [6.45, 7) is 10.0. The standard InChI is InChI=1S/C9H16O5.C7H12O5.Mg/c1-5-13-6(7(10)11)8(12)14-9(2,3)4;1-3-11-5(6(8)9)7(10)12-4-2;/h6H,5H2,1-4H3,(H,10,11);5H,3-4H2,1-2H3,(H,8,9);/q;;+2/p-2. The molecule has 0 spiro atoms. The molecule has 0 heterocycles. The zero-order valence-corrected chi connectivity index (χ0v) is 18.0. The minimum Gasteiger partial charge on any atom is -0.547 e. The number of aliphatic carboxylic acids is 2. The molecule has 0 aromatic carbocycles. The van der Waals surface area contributed by atoms with Gasteiger partial charge in [0.25, 0.3) is 0 Å². The SMILES string of the molecule is CCOC(=O)C(OCC)C(=O)[O-].CCOC(C(=O)[O-])C(=O)OC(C)(C)C.[Mg+2]. The smallest absolute Gasteiger partial charge is 0.547 e. The second-order valence-corrected chi connectivity index (χ2v) is 5.59. The van der Waals surface area contributed by atoms with Crippen LogP contribution in [0, 0.1) is 0 Å². The van der Waals surface area contributed by atoms with Gasteiger partial charge < -0.3 is 38.7 Å². The van der Waals surface area contributed by atoms with Crippen LogP contribution in [0.2, 0.25) is 0 Å². The van der Waals surface area contributed by atoms with Crippen LogP contribution in [0.25, 0.3) is 0 Å². The van der Waals surface area contributed by atoms with E-state index in [4.69, 9.17) is 4.74 Å². The summed E-state index contributed by atoms with van der Waals surface area (Å²) in [5.74, 6) is -5.00. The third-order valence-corrected chi connectivity index (χ3v) is 2.22. The van der Waals surface area contributed by atoms with Crippen LogP contribution in [0.1, 0.15) is 41.5 Å². The number of hydrogen-bond donors (Lipinski definition) is 0. The van der Waals surface area contributed by atoms with Crippen molar-refractivity contribution in [3.8, 4) is 0 Å². The Hall–Kier alpha value is -1.43. The van der Waals surface area contributed by atoms with Gasteiger partial charge in [0.15, 0.2) is 12.2 Å². The van der Waals surface area contributed by atoms with Gasteiger partial charge >= 0.3 is 35.0 Å². The van der Waals surface area contributed by atoms with E-state index < -0.39 is 41.7 Å². The van der Waals surface area contributed by atoms with Crippen LogP contribution in [0.15, 0.2) is 0 Å². The molecule has 0 radical (unpaired) electrons. The Morgan fingerprint density at radius 1 is 0.778 bits per heavy atom. The molecule has 0 aliphatic rings. The van der Waals surface area contributed by atoms with Crippen molar-refractivity contribution < 1.29 is 48.3 Å². The first kappa shape index (κ1) is 30.3. The van der Waals surface area contributed by atoms with Crippen LogP contribution in [0.5, 0.6) is 0 Å². The summed E-state index contributed by atoms with van der Waals surface area (Å²) in [5, 5.41) is 20.7. The Bertz CT molecular complexity index is 472. The van der Waals surface area contributed by atoms with Gasteiger partial charge in [-0.15, -0.1) is 0 Å². The van der Waals surface area contributed by atoms with Crippen molar-refractivity contribution in [2.75, 3.05) is 19.8 Å². The van der Waals surface area contributed by atoms with Crippen molar-refractivity contribution in [1.29, 1.82) is 0 Å². The summed E-state index contributed by atoms with van der Waals surface area (Å²) in [6, 6.07) is 0. The maximum absolute atomic E-state index is 11.2. The van der Waals surface area contributed by atoms with Gasteiger partial charge in [-0.05, 0) is 41.5 Å². The van der Waals surface area contributed by atoms with Crippen molar-refractivity contribution in [3.05, 3.63) is 0 Å². The number of carbonyl (C=O) groups excluding carboxylic acids is 4. The molecule has 0 aliphatic heterocycles. The Morgan fingerprint density at radius 3 is 1.41 bits per heavy atom. The van der Waals surface area contributed by atoms with Gasteiger partial charge in [0.2, 0.25) is 0 Å². The van der Waals surface area contributed by atoms with E-state index in [0.29, 0.717) is 0 Å². The predicted octanol–water partition coefficient (Wildman–Crippen LogP) is -2.19. The second-order valence-electron chi connectivity index (χ2n) is 5.59. The normalized spacial score (nSPS) is 12.4. The van der Waals surface area contributed by atoms with Crippen LogP contribution in [-0.2, 0) is 38.1 Å². The molecule has 2 unspecified atom stereocenters. The van der Waals surface area contributed by atoms with E-state index in [1.54, 1.807) is 41.5 Å². The molecule has 0 rings (SSSR count). The third-order valence-electron chi connectivity index (χ3n) is 2.22. The molecule has 0 saturated carbocycles. The molecule has 0 amide bonds. The summed E-state index contributed by atoms with van der Waals surface area (Å²) < 4.78 is 18.5. The van der Waals surface area contributed by atoms with E-state index in [2.05, 4.69) is 14.2 Å². The fourth-order valence-corrected chi connectivity index (χ4v) is 1.37. The van der Waals surface area contributed by atoms with Gasteiger partial charge in [0.1, 0.15) is 5.60 Å². The number of carboxylic acid groups (broad SMARTS) is 2. The maximum atomic E-state index is 11.2. The first-order valence-electron chi connectivity index (χ1n) is 7.95. The predicted molar refractivity (Wildman–Crippen MR) is 89.1 cm³/mol. The Kier molecular flexibility index (Phi) is 17.5.